The Hall–Kier alpha value is -3.73. The second-order valence-corrected chi connectivity index (χ2v) is 9.29. The SMILES string of the molecule is N#C/C(=C/c1cn(Cc2ccccc2)nc1-c1cccnc1)S(=O)(=O)c1ccc(Cl)cc1. The molecule has 4 aromatic rings. The van der Waals surface area contributed by atoms with Gasteiger partial charge in [-0.2, -0.15) is 10.4 Å². The molecule has 32 heavy (non-hydrogen) atoms. The van der Waals surface area contributed by atoms with Crippen LogP contribution in [0.5, 0.6) is 0 Å². The molecule has 4 rings (SSSR count). The summed E-state index contributed by atoms with van der Waals surface area (Å²) in [5, 5.41) is 14.7. The third kappa shape index (κ3) is 4.62. The first-order valence-electron chi connectivity index (χ1n) is 9.61. The lowest BCUT2D eigenvalue weighted by atomic mass is 10.1. The average Bonchev–Trinajstić information content (AvgIpc) is 3.21. The first-order chi connectivity index (χ1) is 15.5. The Balaban J connectivity index is 1.81. The molecule has 158 valence electrons. The predicted molar refractivity (Wildman–Crippen MR) is 123 cm³/mol. The van der Waals surface area contributed by atoms with Gasteiger partial charge in [0.05, 0.1) is 11.4 Å². The van der Waals surface area contributed by atoms with E-state index in [-0.39, 0.29) is 9.80 Å². The standard InChI is InChI=1S/C24H17ClN4O2S/c25-21-8-10-22(11-9-21)32(30,31)23(14-26)13-20-17-29(16-18-5-2-1-3-6-18)28-24(20)19-7-4-12-27-15-19/h1-13,15,17H,16H2/b23-13-. The number of benzene rings is 2. The Morgan fingerprint density at radius 3 is 2.47 bits per heavy atom. The predicted octanol–water partition coefficient (Wildman–Crippen LogP) is 4.99. The molecule has 0 unspecified atom stereocenters. The van der Waals surface area contributed by atoms with Gasteiger partial charge in [0, 0.05) is 34.7 Å². The van der Waals surface area contributed by atoms with E-state index in [0.29, 0.717) is 28.4 Å². The van der Waals surface area contributed by atoms with Crippen molar-refractivity contribution in [3.8, 4) is 17.3 Å². The molecular weight excluding hydrogens is 444 g/mol. The highest BCUT2D eigenvalue weighted by atomic mass is 35.5. The zero-order chi connectivity index (χ0) is 22.6. The van der Waals surface area contributed by atoms with Gasteiger partial charge in [0.2, 0.25) is 9.84 Å². The molecule has 0 spiro atoms. The van der Waals surface area contributed by atoms with Crippen molar-refractivity contribution in [2.45, 2.75) is 11.4 Å². The fourth-order valence-electron chi connectivity index (χ4n) is 3.17. The first kappa shape index (κ1) is 21.5. The Kier molecular flexibility index (Phi) is 6.17. The number of halogens is 1. The van der Waals surface area contributed by atoms with Gasteiger partial charge in [-0.15, -0.1) is 0 Å². The number of rotatable bonds is 6. The number of hydrogen-bond acceptors (Lipinski definition) is 5. The summed E-state index contributed by atoms with van der Waals surface area (Å²) >= 11 is 5.87. The number of allylic oxidation sites excluding steroid dienone is 1. The summed E-state index contributed by atoms with van der Waals surface area (Å²) in [6.07, 6.45) is 6.36. The monoisotopic (exact) mass is 460 g/mol. The van der Waals surface area contributed by atoms with Crippen LogP contribution in [0.4, 0.5) is 0 Å². The molecule has 0 atom stereocenters. The molecule has 0 amide bonds. The van der Waals surface area contributed by atoms with Gasteiger partial charge in [-0.1, -0.05) is 41.9 Å². The van der Waals surface area contributed by atoms with E-state index in [1.807, 2.05) is 42.5 Å². The van der Waals surface area contributed by atoms with Crippen molar-refractivity contribution < 1.29 is 8.42 Å². The minimum Gasteiger partial charge on any atom is -0.267 e. The van der Waals surface area contributed by atoms with Gasteiger partial charge in [0.1, 0.15) is 16.7 Å². The highest BCUT2D eigenvalue weighted by molar-refractivity contribution is 7.95. The van der Waals surface area contributed by atoms with Crippen molar-refractivity contribution in [3.05, 3.63) is 106 Å². The summed E-state index contributed by atoms with van der Waals surface area (Å²) in [6.45, 7) is 0.494. The van der Waals surface area contributed by atoms with Crippen LogP contribution in [0.1, 0.15) is 11.1 Å². The summed E-state index contributed by atoms with van der Waals surface area (Å²) in [5.74, 6) is 0. The van der Waals surface area contributed by atoms with Gasteiger partial charge in [-0.25, -0.2) is 8.42 Å². The van der Waals surface area contributed by atoms with Crippen LogP contribution in [-0.2, 0) is 16.4 Å². The molecule has 0 saturated heterocycles. The number of sulfone groups is 1. The van der Waals surface area contributed by atoms with Crippen LogP contribution in [0.3, 0.4) is 0 Å². The van der Waals surface area contributed by atoms with Crippen LogP contribution in [0, 0.1) is 11.3 Å². The van der Waals surface area contributed by atoms with E-state index < -0.39 is 9.84 Å². The average molecular weight is 461 g/mol. The molecule has 0 fully saturated rings. The second-order valence-electron chi connectivity index (χ2n) is 6.94. The van der Waals surface area contributed by atoms with E-state index in [2.05, 4.69) is 10.1 Å². The molecule has 0 bridgehead atoms. The third-order valence-corrected chi connectivity index (χ3v) is 6.66. The van der Waals surface area contributed by atoms with Crippen LogP contribution < -0.4 is 0 Å². The third-order valence-electron chi connectivity index (χ3n) is 4.72. The van der Waals surface area contributed by atoms with Crippen molar-refractivity contribution in [1.82, 2.24) is 14.8 Å². The lowest BCUT2D eigenvalue weighted by Gasteiger charge is -2.03. The zero-order valence-electron chi connectivity index (χ0n) is 16.8. The van der Waals surface area contributed by atoms with Crippen LogP contribution in [0.15, 0.2) is 95.1 Å². The second kappa shape index (κ2) is 9.18. The number of pyridine rings is 1. The summed E-state index contributed by atoms with van der Waals surface area (Å²) in [6, 6.07) is 20.9. The van der Waals surface area contributed by atoms with E-state index in [1.165, 1.54) is 30.3 Å². The van der Waals surface area contributed by atoms with Gasteiger partial charge in [-0.05, 0) is 48.0 Å². The van der Waals surface area contributed by atoms with Crippen molar-refractivity contribution in [3.63, 3.8) is 0 Å². The van der Waals surface area contributed by atoms with E-state index in [4.69, 9.17) is 11.6 Å². The van der Waals surface area contributed by atoms with Crippen molar-refractivity contribution in [2.24, 2.45) is 0 Å². The lowest BCUT2D eigenvalue weighted by molar-refractivity contribution is 0.603. The highest BCUT2D eigenvalue weighted by Crippen LogP contribution is 2.27. The van der Waals surface area contributed by atoms with Crippen LogP contribution >= 0.6 is 11.6 Å². The number of nitrogens with zero attached hydrogens (tertiary/aromatic N) is 4. The molecule has 0 radical (unpaired) electrons. The Morgan fingerprint density at radius 2 is 1.81 bits per heavy atom. The minimum absolute atomic E-state index is 0.00527. The maximum absolute atomic E-state index is 13.1. The molecule has 2 aromatic heterocycles. The normalized spacial score (nSPS) is 11.8. The highest BCUT2D eigenvalue weighted by Gasteiger charge is 2.22. The van der Waals surface area contributed by atoms with E-state index in [1.54, 1.807) is 29.3 Å². The molecule has 0 aliphatic heterocycles. The largest absolute Gasteiger partial charge is 0.267 e. The van der Waals surface area contributed by atoms with Gasteiger partial charge >= 0.3 is 0 Å². The molecule has 0 aliphatic rings. The van der Waals surface area contributed by atoms with Crippen molar-refractivity contribution in [2.75, 3.05) is 0 Å². The molecule has 8 heteroatoms. The maximum Gasteiger partial charge on any atom is 0.216 e. The molecule has 2 heterocycles. The number of nitriles is 1. The molecule has 2 aromatic carbocycles. The van der Waals surface area contributed by atoms with Crippen molar-refractivity contribution in [1.29, 1.82) is 5.26 Å². The van der Waals surface area contributed by atoms with E-state index >= 15 is 0 Å². The summed E-state index contributed by atoms with van der Waals surface area (Å²) < 4.78 is 27.8. The summed E-state index contributed by atoms with van der Waals surface area (Å²) in [7, 11) is -4.03. The van der Waals surface area contributed by atoms with Gasteiger partial charge in [0.25, 0.3) is 0 Å². The fraction of sp³-hybridized carbons (Fsp3) is 0.0417. The summed E-state index contributed by atoms with van der Waals surface area (Å²) in [5.41, 5.74) is 2.79. The quantitative estimate of drug-likeness (QED) is 0.378. The van der Waals surface area contributed by atoms with Crippen molar-refractivity contribution >= 4 is 27.5 Å². The van der Waals surface area contributed by atoms with E-state index in [0.717, 1.165) is 5.56 Å². The Morgan fingerprint density at radius 1 is 1.06 bits per heavy atom. The lowest BCUT2D eigenvalue weighted by Crippen LogP contribution is -2.03. The first-order valence-corrected chi connectivity index (χ1v) is 11.5. The van der Waals surface area contributed by atoms with Gasteiger partial charge in [-0.3, -0.25) is 9.67 Å². The van der Waals surface area contributed by atoms with Gasteiger partial charge in [0.15, 0.2) is 0 Å². The van der Waals surface area contributed by atoms with Gasteiger partial charge < -0.3 is 0 Å². The Bertz CT molecular complexity index is 1410. The van der Waals surface area contributed by atoms with Crippen LogP contribution in [0.25, 0.3) is 17.3 Å². The number of hydrogen-bond donors (Lipinski definition) is 0. The molecule has 0 aliphatic carbocycles. The molecular formula is C24H17ClN4O2S. The number of aromatic nitrogens is 3. The molecule has 6 nitrogen and oxygen atoms in total. The van der Waals surface area contributed by atoms with Crippen LogP contribution in [-0.4, -0.2) is 23.2 Å². The zero-order valence-corrected chi connectivity index (χ0v) is 18.3. The van der Waals surface area contributed by atoms with E-state index in [9.17, 15) is 13.7 Å². The minimum atomic E-state index is -4.03. The van der Waals surface area contributed by atoms with Crippen LogP contribution in [0.2, 0.25) is 5.02 Å². The molecule has 0 N–H and O–H groups in total. The Labute approximate surface area is 191 Å². The molecule has 0 saturated carbocycles. The topological polar surface area (TPSA) is 88.6 Å². The maximum atomic E-state index is 13.1. The fourth-order valence-corrected chi connectivity index (χ4v) is 4.45. The summed E-state index contributed by atoms with van der Waals surface area (Å²) in [4.78, 5) is 3.74. The smallest absolute Gasteiger partial charge is 0.216 e.